The number of H-pyrrole nitrogens is 1. The molecule has 2 aromatic heterocycles. The van der Waals surface area contributed by atoms with Crippen LogP contribution in [0.1, 0.15) is 23.7 Å². The predicted octanol–water partition coefficient (Wildman–Crippen LogP) is 5.04. The van der Waals surface area contributed by atoms with Crippen LogP contribution >= 0.6 is 23.1 Å². The highest BCUT2D eigenvalue weighted by atomic mass is 32.2. The number of aromatic nitrogens is 2. The summed E-state index contributed by atoms with van der Waals surface area (Å²) in [5.41, 5.74) is 1.68. The van der Waals surface area contributed by atoms with E-state index < -0.39 is 5.25 Å². The largest absolute Gasteiger partial charge is 0.352 e. The van der Waals surface area contributed by atoms with Gasteiger partial charge in [-0.05, 0) is 48.2 Å². The van der Waals surface area contributed by atoms with Crippen LogP contribution in [-0.4, -0.2) is 21.9 Å². The van der Waals surface area contributed by atoms with Crippen LogP contribution in [0.15, 0.2) is 63.9 Å². The number of hydrogen-bond acceptors (Lipinski definition) is 5. The van der Waals surface area contributed by atoms with E-state index >= 15 is 0 Å². The fourth-order valence-electron chi connectivity index (χ4n) is 3.35. The Bertz CT molecular complexity index is 1350. The number of amides is 1. The summed E-state index contributed by atoms with van der Waals surface area (Å²) < 4.78 is 26.7. The fraction of sp³-hybridized carbons (Fsp3) is 0.174. The highest BCUT2D eigenvalue weighted by Crippen LogP contribution is 2.37. The molecule has 1 amide bonds. The molecule has 1 aliphatic carbocycles. The van der Waals surface area contributed by atoms with Gasteiger partial charge in [0, 0.05) is 17.0 Å². The van der Waals surface area contributed by atoms with Gasteiger partial charge in [-0.3, -0.25) is 9.59 Å². The van der Waals surface area contributed by atoms with E-state index in [-0.39, 0.29) is 29.1 Å². The van der Waals surface area contributed by atoms with Crippen LogP contribution in [0.2, 0.25) is 0 Å². The SMILES string of the molecule is O=C(NC1CC1)C(Sc1nc2scc(-c3ccc(F)cc3)c2c(=O)[nH]1)c1ccc(F)cc1. The van der Waals surface area contributed by atoms with Gasteiger partial charge in [0.15, 0.2) is 5.16 Å². The van der Waals surface area contributed by atoms with Crippen molar-refractivity contribution in [3.63, 3.8) is 0 Å². The van der Waals surface area contributed by atoms with E-state index in [9.17, 15) is 18.4 Å². The van der Waals surface area contributed by atoms with E-state index in [1.807, 2.05) is 5.38 Å². The van der Waals surface area contributed by atoms with Crippen molar-refractivity contribution in [1.82, 2.24) is 15.3 Å². The molecule has 0 saturated heterocycles. The fourth-order valence-corrected chi connectivity index (χ4v) is 5.35. The van der Waals surface area contributed by atoms with E-state index in [2.05, 4.69) is 15.3 Å². The first-order chi connectivity index (χ1) is 15.5. The van der Waals surface area contributed by atoms with Gasteiger partial charge in [0.2, 0.25) is 5.91 Å². The van der Waals surface area contributed by atoms with Crippen LogP contribution in [-0.2, 0) is 4.79 Å². The summed E-state index contributed by atoms with van der Waals surface area (Å²) in [7, 11) is 0. The third-order valence-electron chi connectivity index (χ3n) is 5.14. The number of fused-ring (bicyclic) bond motifs is 1. The Labute approximate surface area is 189 Å². The summed E-state index contributed by atoms with van der Waals surface area (Å²) in [5, 5.41) is 4.82. The normalized spacial score (nSPS) is 14.4. The summed E-state index contributed by atoms with van der Waals surface area (Å²) in [6.45, 7) is 0. The highest BCUT2D eigenvalue weighted by Gasteiger charge is 2.30. The molecule has 0 bridgehead atoms. The van der Waals surface area contributed by atoms with Crippen molar-refractivity contribution < 1.29 is 13.6 Å². The second-order valence-electron chi connectivity index (χ2n) is 7.54. The lowest BCUT2D eigenvalue weighted by Gasteiger charge is -2.16. The first kappa shape index (κ1) is 20.8. The zero-order valence-corrected chi connectivity index (χ0v) is 18.2. The molecule has 0 aliphatic heterocycles. The summed E-state index contributed by atoms with van der Waals surface area (Å²) in [4.78, 5) is 33.6. The van der Waals surface area contributed by atoms with Gasteiger partial charge in [0.25, 0.3) is 5.56 Å². The molecule has 5 nitrogen and oxygen atoms in total. The summed E-state index contributed by atoms with van der Waals surface area (Å²) in [5.74, 6) is -0.944. The van der Waals surface area contributed by atoms with E-state index in [1.165, 1.54) is 35.6 Å². The molecule has 0 spiro atoms. The van der Waals surface area contributed by atoms with E-state index in [1.54, 1.807) is 24.3 Å². The van der Waals surface area contributed by atoms with Gasteiger partial charge in [0.1, 0.15) is 21.7 Å². The molecule has 32 heavy (non-hydrogen) atoms. The second kappa shape index (κ2) is 8.48. The lowest BCUT2D eigenvalue weighted by molar-refractivity contribution is -0.120. The average molecular weight is 470 g/mol. The lowest BCUT2D eigenvalue weighted by Crippen LogP contribution is -2.30. The molecule has 162 valence electrons. The number of carbonyl (C=O) groups is 1. The summed E-state index contributed by atoms with van der Waals surface area (Å²) in [6, 6.07) is 11.8. The zero-order valence-electron chi connectivity index (χ0n) is 16.6. The maximum Gasteiger partial charge on any atom is 0.260 e. The van der Waals surface area contributed by atoms with Crippen molar-refractivity contribution in [2.75, 3.05) is 0 Å². The number of carbonyl (C=O) groups excluding carboxylic acids is 1. The molecule has 1 unspecified atom stereocenters. The first-order valence-electron chi connectivity index (χ1n) is 9.98. The number of benzene rings is 2. The Kier molecular flexibility index (Phi) is 5.52. The molecular formula is C23H17F2N3O2S2. The third kappa shape index (κ3) is 4.31. The predicted molar refractivity (Wildman–Crippen MR) is 122 cm³/mol. The molecule has 5 rings (SSSR count). The topological polar surface area (TPSA) is 74.8 Å². The zero-order chi connectivity index (χ0) is 22.2. The van der Waals surface area contributed by atoms with Crippen molar-refractivity contribution in [1.29, 1.82) is 0 Å². The van der Waals surface area contributed by atoms with Crippen molar-refractivity contribution in [3.8, 4) is 11.1 Å². The molecule has 1 aliphatic rings. The number of halogens is 2. The Morgan fingerprint density at radius 2 is 1.75 bits per heavy atom. The molecule has 1 atom stereocenters. The summed E-state index contributed by atoms with van der Waals surface area (Å²) in [6.07, 6.45) is 1.88. The maximum atomic E-state index is 13.4. The first-order valence-corrected chi connectivity index (χ1v) is 11.7. The Balaban J connectivity index is 1.49. The average Bonchev–Trinajstić information content (AvgIpc) is 3.49. The Morgan fingerprint density at radius 1 is 1.09 bits per heavy atom. The van der Waals surface area contributed by atoms with Gasteiger partial charge in [-0.1, -0.05) is 36.0 Å². The van der Waals surface area contributed by atoms with Gasteiger partial charge >= 0.3 is 0 Å². The molecular weight excluding hydrogens is 452 g/mol. The number of thiophene rings is 1. The Morgan fingerprint density at radius 3 is 2.41 bits per heavy atom. The Hall–Kier alpha value is -3.04. The molecule has 2 N–H and O–H groups in total. The molecule has 1 fully saturated rings. The standard InChI is InChI=1S/C23H17F2N3O2S2/c24-14-5-1-12(2-6-14)17-11-31-22-18(17)20(29)27-23(28-22)32-19(21(30)26-16-9-10-16)13-3-7-15(25)8-4-13/h1-8,11,16,19H,9-10H2,(H,26,30)(H,27,28,29). The second-order valence-corrected chi connectivity index (χ2v) is 9.49. The smallest absolute Gasteiger partial charge is 0.260 e. The number of hydrogen-bond donors (Lipinski definition) is 2. The quantitative estimate of drug-likeness (QED) is 0.306. The number of thioether (sulfide) groups is 1. The van der Waals surface area contributed by atoms with Crippen LogP contribution in [0.25, 0.3) is 21.3 Å². The van der Waals surface area contributed by atoms with Crippen molar-refractivity contribution in [2.24, 2.45) is 0 Å². The minimum Gasteiger partial charge on any atom is -0.352 e. The van der Waals surface area contributed by atoms with E-state index in [0.717, 1.165) is 30.2 Å². The maximum absolute atomic E-state index is 13.4. The van der Waals surface area contributed by atoms with Crippen molar-refractivity contribution in [3.05, 3.63) is 81.5 Å². The molecule has 2 heterocycles. The molecule has 2 aromatic carbocycles. The van der Waals surface area contributed by atoms with Crippen LogP contribution < -0.4 is 10.9 Å². The number of nitrogens with zero attached hydrogens (tertiary/aromatic N) is 1. The summed E-state index contributed by atoms with van der Waals surface area (Å²) >= 11 is 2.42. The van der Waals surface area contributed by atoms with Gasteiger partial charge in [0.05, 0.1) is 5.39 Å². The number of rotatable bonds is 6. The minimum atomic E-state index is -0.687. The molecule has 4 aromatic rings. The molecule has 0 radical (unpaired) electrons. The van der Waals surface area contributed by atoms with Crippen molar-refractivity contribution in [2.45, 2.75) is 29.3 Å². The van der Waals surface area contributed by atoms with E-state index in [4.69, 9.17) is 0 Å². The van der Waals surface area contributed by atoms with Gasteiger partial charge in [-0.25, -0.2) is 13.8 Å². The van der Waals surface area contributed by atoms with Gasteiger partial charge < -0.3 is 10.3 Å². The third-order valence-corrected chi connectivity index (χ3v) is 7.15. The van der Waals surface area contributed by atoms with Crippen LogP contribution in [0, 0.1) is 11.6 Å². The van der Waals surface area contributed by atoms with Gasteiger partial charge in [-0.15, -0.1) is 11.3 Å². The lowest BCUT2D eigenvalue weighted by atomic mass is 10.1. The van der Waals surface area contributed by atoms with Crippen LogP contribution in [0.5, 0.6) is 0 Å². The highest BCUT2D eigenvalue weighted by molar-refractivity contribution is 8.00. The number of aromatic amines is 1. The molecule has 1 saturated carbocycles. The van der Waals surface area contributed by atoms with Crippen LogP contribution in [0.3, 0.4) is 0 Å². The minimum absolute atomic E-state index is 0.163. The van der Waals surface area contributed by atoms with Crippen molar-refractivity contribution >= 4 is 39.2 Å². The van der Waals surface area contributed by atoms with E-state index in [0.29, 0.717) is 26.5 Å². The van der Waals surface area contributed by atoms with Crippen LogP contribution in [0.4, 0.5) is 8.78 Å². The van der Waals surface area contributed by atoms with Gasteiger partial charge in [-0.2, -0.15) is 0 Å². The monoisotopic (exact) mass is 469 g/mol. The number of nitrogens with one attached hydrogen (secondary N) is 2. The molecule has 9 heteroatoms.